The SMILES string of the molecule is CCCCCCNC(=O)N1CCCC1c1cccn1C. The molecular weight excluding hydrogens is 250 g/mol. The molecule has 112 valence electrons. The molecule has 1 fully saturated rings. The van der Waals surface area contributed by atoms with Gasteiger partial charge in [0.1, 0.15) is 0 Å². The molecule has 1 aromatic rings. The molecule has 20 heavy (non-hydrogen) atoms. The minimum Gasteiger partial charge on any atom is -0.353 e. The number of nitrogens with zero attached hydrogens (tertiary/aromatic N) is 2. The summed E-state index contributed by atoms with van der Waals surface area (Å²) in [5.41, 5.74) is 1.24. The molecule has 1 unspecified atom stereocenters. The van der Waals surface area contributed by atoms with Crippen molar-refractivity contribution in [2.45, 2.75) is 51.5 Å². The third kappa shape index (κ3) is 3.56. The number of hydrogen-bond acceptors (Lipinski definition) is 1. The molecule has 4 nitrogen and oxygen atoms in total. The second-order valence-corrected chi connectivity index (χ2v) is 5.69. The number of aryl methyl sites for hydroxylation is 1. The van der Waals surface area contributed by atoms with Crippen LogP contribution >= 0.6 is 0 Å². The van der Waals surface area contributed by atoms with E-state index in [1.165, 1.54) is 25.0 Å². The van der Waals surface area contributed by atoms with Crippen LogP contribution in [0.3, 0.4) is 0 Å². The second-order valence-electron chi connectivity index (χ2n) is 5.69. The molecule has 2 rings (SSSR count). The summed E-state index contributed by atoms with van der Waals surface area (Å²) in [5, 5.41) is 3.07. The van der Waals surface area contributed by atoms with Crippen LogP contribution in [0, 0.1) is 0 Å². The summed E-state index contributed by atoms with van der Waals surface area (Å²) < 4.78 is 2.12. The Labute approximate surface area is 122 Å². The maximum atomic E-state index is 12.3. The predicted molar refractivity (Wildman–Crippen MR) is 81.6 cm³/mol. The number of likely N-dealkylation sites (tertiary alicyclic amines) is 1. The van der Waals surface area contributed by atoms with Crippen molar-refractivity contribution in [2.75, 3.05) is 13.1 Å². The molecule has 0 aliphatic carbocycles. The van der Waals surface area contributed by atoms with E-state index in [0.29, 0.717) is 0 Å². The highest BCUT2D eigenvalue weighted by molar-refractivity contribution is 5.75. The zero-order valence-electron chi connectivity index (χ0n) is 12.8. The van der Waals surface area contributed by atoms with Gasteiger partial charge in [0.15, 0.2) is 0 Å². The molecule has 1 N–H and O–H groups in total. The van der Waals surface area contributed by atoms with E-state index in [0.717, 1.165) is 32.4 Å². The van der Waals surface area contributed by atoms with Gasteiger partial charge in [-0.3, -0.25) is 0 Å². The van der Waals surface area contributed by atoms with Crippen molar-refractivity contribution in [3.63, 3.8) is 0 Å². The average Bonchev–Trinajstić information content (AvgIpc) is 3.06. The molecular formula is C16H27N3O. The summed E-state index contributed by atoms with van der Waals surface area (Å²) >= 11 is 0. The Morgan fingerprint density at radius 2 is 2.25 bits per heavy atom. The van der Waals surface area contributed by atoms with Crippen LogP contribution in [-0.2, 0) is 7.05 Å². The quantitative estimate of drug-likeness (QED) is 0.794. The maximum Gasteiger partial charge on any atom is 0.317 e. The van der Waals surface area contributed by atoms with Crippen molar-refractivity contribution >= 4 is 6.03 Å². The minimum absolute atomic E-state index is 0.102. The van der Waals surface area contributed by atoms with Gasteiger partial charge in [-0.1, -0.05) is 26.2 Å². The van der Waals surface area contributed by atoms with E-state index in [4.69, 9.17) is 0 Å². The highest BCUT2D eigenvalue weighted by Crippen LogP contribution is 2.31. The molecule has 2 heterocycles. The first-order valence-electron chi connectivity index (χ1n) is 7.89. The van der Waals surface area contributed by atoms with Gasteiger partial charge in [-0.2, -0.15) is 0 Å². The van der Waals surface area contributed by atoms with Gasteiger partial charge in [0, 0.05) is 32.0 Å². The third-order valence-corrected chi connectivity index (χ3v) is 4.15. The molecule has 1 aliphatic rings. The van der Waals surface area contributed by atoms with Crippen LogP contribution in [0.5, 0.6) is 0 Å². The van der Waals surface area contributed by atoms with Gasteiger partial charge in [0.05, 0.1) is 6.04 Å². The van der Waals surface area contributed by atoms with Crippen LogP contribution in [0.2, 0.25) is 0 Å². The number of carbonyl (C=O) groups excluding carboxylic acids is 1. The van der Waals surface area contributed by atoms with Crippen molar-refractivity contribution in [1.29, 1.82) is 0 Å². The molecule has 1 aromatic heterocycles. The topological polar surface area (TPSA) is 37.3 Å². The molecule has 1 aliphatic heterocycles. The van der Waals surface area contributed by atoms with Crippen molar-refractivity contribution in [2.24, 2.45) is 7.05 Å². The first-order valence-corrected chi connectivity index (χ1v) is 7.89. The Kier molecular flexibility index (Phi) is 5.50. The fraction of sp³-hybridized carbons (Fsp3) is 0.688. The molecule has 0 spiro atoms. The Balaban J connectivity index is 1.84. The van der Waals surface area contributed by atoms with E-state index < -0.39 is 0 Å². The van der Waals surface area contributed by atoms with Gasteiger partial charge in [-0.15, -0.1) is 0 Å². The lowest BCUT2D eigenvalue weighted by atomic mass is 10.1. The summed E-state index contributed by atoms with van der Waals surface area (Å²) in [6.07, 6.45) is 9.00. The number of rotatable bonds is 6. The lowest BCUT2D eigenvalue weighted by molar-refractivity contribution is 0.191. The number of aromatic nitrogens is 1. The van der Waals surface area contributed by atoms with Crippen LogP contribution in [0.25, 0.3) is 0 Å². The van der Waals surface area contributed by atoms with Crippen LogP contribution in [0.4, 0.5) is 4.79 Å². The normalized spacial score (nSPS) is 18.5. The third-order valence-electron chi connectivity index (χ3n) is 4.15. The molecule has 0 saturated carbocycles. The molecule has 0 aromatic carbocycles. The number of hydrogen-bond donors (Lipinski definition) is 1. The summed E-state index contributed by atoms with van der Waals surface area (Å²) in [5.74, 6) is 0. The van der Waals surface area contributed by atoms with Crippen LogP contribution in [-0.4, -0.2) is 28.6 Å². The zero-order valence-corrected chi connectivity index (χ0v) is 12.8. The van der Waals surface area contributed by atoms with E-state index in [1.807, 2.05) is 4.90 Å². The lowest BCUT2D eigenvalue weighted by Gasteiger charge is -2.25. The van der Waals surface area contributed by atoms with E-state index in [2.05, 4.69) is 42.2 Å². The van der Waals surface area contributed by atoms with Crippen molar-refractivity contribution in [1.82, 2.24) is 14.8 Å². The van der Waals surface area contributed by atoms with Crippen molar-refractivity contribution in [3.05, 3.63) is 24.0 Å². The number of carbonyl (C=O) groups is 1. The molecule has 1 atom stereocenters. The molecule has 0 bridgehead atoms. The average molecular weight is 277 g/mol. The highest BCUT2D eigenvalue weighted by Gasteiger charge is 2.30. The summed E-state index contributed by atoms with van der Waals surface area (Å²) in [6, 6.07) is 4.52. The Morgan fingerprint density at radius 3 is 2.95 bits per heavy atom. The van der Waals surface area contributed by atoms with Crippen molar-refractivity contribution in [3.8, 4) is 0 Å². The van der Waals surface area contributed by atoms with Crippen molar-refractivity contribution < 1.29 is 4.79 Å². The largest absolute Gasteiger partial charge is 0.353 e. The Hall–Kier alpha value is -1.45. The van der Waals surface area contributed by atoms with E-state index in [1.54, 1.807) is 0 Å². The summed E-state index contributed by atoms with van der Waals surface area (Å²) in [7, 11) is 2.05. The fourth-order valence-electron chi connectivity index (χ4n) is 2.99. The smallest absolute Gasteiger partial charge is 0.317 e. The standard InChI is InChI=1S/C16H27N3O/c1-3-4-5-6-11-17-16(20)19-13-8-10-15(19)14-9-7-12-18(14)2/h7,9,12,15H,3-6,8,10-11,13H2,1-2H3,(H,17,20). The second kappa shape index (κ2) is 7.36. The van der Waals surface area contributed by atoms with Gasteiger partial charge in [-0.25, -0.2) is 4.79 Å². The monoisotopic (exact) mass is 277 g/mol. The predicted octanol–water partition coefficient (Wildman–Crippen LogP) is 3.45. The van der Waals surface area contributed by atoms with Gasteiger partial charge in [-0.05, 0) is 31.4 Å². The molecule has 0 radical (unpaired) electrons. The number of unbranched alkanes of at least 4 members (excludes halogenated alkanes) is 3. The minimum atomic E-state index is 0.102. The van der Waals surface area contributed by atoms with Gasteiger partial charge < -0.3 is 14.8 Å². The first-order chi connectivity index (χ1) is 9.74. The maximum absolute atomic E-state index is 12.3. The van der Waals surface area contributed by atoms with Crippen LogP contribution in [0.15, 0.2) is 18.3 Å². The Morgan fingerprint density at radius 1 is 1.40 bits per heavy atom. The van der Waals surface area contributed by atoms with Crippen LogP contribution < -0.4 is 5.32 Å². The number of amides is 2. The van der Waals surface area contributed by atoms with Gasteiger partial charge >= 0.3 is 6.03 Å². The highest BCUT2D eigenvalue weighted by atomic mass is 16.2. The molecule has 2 amide bonds. The zero-order chi connectivity index (χ0) is 14.4. The number of nitrogens with one attached hydrogen (secondary N) is 1. The van der Waals surface area contributed by atoms with E-state index in [-0.39, 0.29) is 12.1 Å². The van der Waals surface area contributed by atoms with E-state index >= 15 is 0 Å². The lowest BCUT2D eigenvalue weighted by Crippen LogP contribution is -2.40. The fourth-order valence-corrected chi connectivity index (χ4v) is 2.99. The number of urea groups is 1. The van der Waals surface area contributed by atoms with Gasteiger partial charge in [0.2, 0.25) is 0 Å². The Bertz CT molecular complexity index is 427. The van der Waals surface area contributed by atoms with Gasteiger partial charge in [0.25, 0.3) is 0 Å². The summed E-state index contributed by atoms with van der Waals surface area (Å²) in [6.45, 7) is 3.87. The first kappa shape index (κ1) is 14.9. The molecule has 1 saturated heterocycles. The van der Waals surface area contributed by atoms with Crippen LogP contribution in [0.1, 0.15) is 57.2 Å². The molecule has 4 heteroatoms. The summed E-state index contributed by atoms with van der Waals surface area (Å²) in [4.78, 5) is 14.3. The van der Waals surface area contributed by atoms with E-state index in [9.17, 15) is 4.79 Å².